The number of nitrogens with zero attached hydrogens (tertiary/aromatic N) is 1. The Bertz CT molecular complexity index is 569. The van der Waals surface area contributed by atoms with E-state index in [4.69, 9.17) is 10.8 Å². The molecule has 0 aliphatic carbocycles. The largest absolute Gasteiger partial charge is 0.396 e. The van der Waals surface area contributed by atoms with Crippen LogP contribution in [0, 0.1) is 23.6 Å². The number of nitrogens with two attached hydrogens (primary N) is 1. The van der Waals surface area contributed by atoms with Gasteiger partial charge in [-0.3, -0.25) is 4.79 Å². The maximum Gasteiger partial charge on any atom is 0.256 e. The van der Waals surface area contributed by atoms with E-state index in [0.29, 0.717) is 18.7 Å². The summed E-state index contributed by atoms with van der Waals surface area (Å²) >= 11 is 0. The second-order valence-electron chi connectivity index (χ2n) is 5.12. The number of hydrogen-bond donors (Lipinski definition) is 2. The smallest absolute Gasteiger partial charge is 0.256 e. The molecule has 0 saturated carbocycles. The summed E-state index contributed by atoms with van der Waals surface area (Å²) in [4.78, 5) is 14.0. The van der Waals surface area contributed by atoms with Crippen LogP contribution in [-0.2, 0) is 0 Å². The molecule has 0 spiro atoms. The van der Waals surface area contributed by atoms with Crippen molar-refractivity contribution < 1.29 is 14.3 Å². The van der Waals surface area contributed by atoms with Crippen molar-refractivity contribution in [2.75, 3.05) is 26.2 Å². The molecule has 1 aliphatic heterocycles. The molecule has 1 fully saturated rings. The van der Waals surface area contributed by atoms with E-state index in [1.54, 1.807) is 4.90 Å². The van der Waals surface area contributed by atoms with Gasteiger partial charge in [-0.1, -0.05) is 11.8 Å². The highest BCUT2D eigenvalue weighted by molar-refractivity contribution is 5.95. The lowest BCUT2D eigenvalue weighted by molar-refractivity contribution is 0.0646. The molecule has 1 aromatic rings. The van der Waals surface area contributed by atoms with Gasteiger partial charge in [0.25, 0.3) is 5.91 Å². The number of likely N-dealkylation sites (tertiary alicyclic amines) is 1. The normalized spacial score (nSPS) is 15.5. The fourth-order valence-corrected chi connectivity index (χ4v) is 2.41. The number of aliphatic hydroxyl groups excluding tert-OH is 1. The number of carbonyl (C=O) groups excluding carboxylic acids is 1. The van der Waals surface area contributed by atoms with Crippen LogP contribution in [0.25, 0.3) is 0 Å². The topological polar surface area (TPSA) is 66.6 Å². The van der Waals surface area contributed by atoms with Crippen LogP contribution in [0.3, 0.4) is 0 Å². The zero-order chi connectivity index (χ0) is 15.2. The molecule has 112 valence electrons. The van der Waals surface area contributed by atoms with Crippen molar-refractivity contribution in [2.24, 2.45) is 11.7 Å². The van der Waals surface area contributed by atoms with Gasteiger partial charge in [0.05, 0.1) is 12.1 Å². The number of amides is 1. The van der Waals surface area contributed by atoms with Crippen molar-refractivity contribution in [3.63, 3.8) is 0 Å². The number of hydrogen-bond acceptors (Lipinski definition) is 3. The van der Waals surface area contributed by atoms with Gasteiger partial charge in [0.2, 0.25) is 0 Å². The van der Waals surface area contributed by atoms with Crippen LogP contribution < -0.4 is 5.73 Å². The molecule has 1 saturated heterocycles. The van der Waals surface area contributed by atoms with Gasteiger partial charge in [-0.25, -0.2) is 4.39 Å². The van der Waals surface area contributed by atoms with E-state index < -0.39 is 5.82 Å². The molecule has 1 aromatic carbocycles. The predicted octanol–water partition coefficient (Wildman–Crippen LogP) is 0.980. The van der Waals surface area contributed by atoms with Crippen molar-refractivity contribution in [1.82, 2.24) is 4.90 Å². The number of halogens is 1. The predicted molar refractivity (Wildman–Crippen MR) is 78.0 cm³/mol. The van der Waals surface area contributed by atoms with Gasteiger partial charge in [-0.05, 0) is 37.0 Å². The third kappa shape index (κ3) is 3.81. The minimum Gasteiger partial charge on any atom is -0.396 e. The molecule has 0 radical (unpaired) electrons. The van der Waals surface area contributed by atoms with Crippen LogP contribution in [0.2, 0.25) is 0 Å². The van der Waals surface area contributed by atoms with Gasteiger partial charge in [0.1, 0.15) is 5.82 Å². The van der Waals surface area contributed by atoms with E-state index in [0.717, 1.165) is 12.8 Å². The van der Waals surface area contributed by atoms with Gasteiger partial charge in [0, 0.05) is 25.3 Å². The standard InChI is InChI=1S/C16H19FN2O2/c17-15-4-3-12(2-1-7-18)10-14(15)16(21)19-8-5-13(11-20)6-9-19/h3-4,10,13,20H,5-9,11,18H2. The second kappa shape index (κ2) is 7.21. The van der Waals surface area contributed by atoms with Gasteiger partial charge in [-0.15, -0.1) is 0 Å². The first-order valence-electron chi connectivity index (χ1n) is 7.04. The lowest BCUT2D eigenvalue weighted by atomic mass is 9.97. The number of rotatable bonds is 2. The Labute approximate surface area is 123 Å². The summed E-state index contributed by atoms with van der Waals surface area (Å²) in [6.07, 6.45) is 1.49. The first-order chi connectivity index (χ1) is 10.2. The summed E-state index contributed by atoms with van der Waals surface area (Å²) in [6, 6.07) is 4.26. The van der Waals surface area contributed by atoms with Crippen LogP contribution in [0.5, 0.6) is 0 Å². The second-order valence-corrected chi connectivity index (χ2v) is 5.12. The third-order valence-electron chi connectivity index (χ3n) is 3.69. The minimum absolute atomic E-state index is 0.0428. The summed E-state index contributed by atoms with van der Waals surface area (Å²) in [7, 11) is 0. The Balaban J connectivity index is 2.15. The molecule has 1 amide bonds. The van der Waals surface area contributed by atoms with Crippen molar-refractivity contribution in [3.8, 4) is 11.8 Å². The van der Waals surface area contributed by atoms with Crippen LogP contribution in [-0.4, -0.2) is 42.2 Å². The minimum atomic E-state index is -0.539. The number of aliphatic hydroxyl groups is 1. The average molecular weight is 290 g/mol. The SMILES string of the molecule is NCC#Cc1ccc(F)c(C(=O)N2CCC(CO)CC2)c1. The third-order valence-corrected chi connectivity index (χ3v) is 3.69. The van der Waals surface area contributed by atoms with Crippen LogP contribution in [0.1, 0.15) is 28.8 Å². The number of benzene rings is 1. The lowest BCUT2D eigenvalue weighted by Gasteiger charge is -2.31. The fraction of sp³-hybridized carbons (Fsp3) is 0.438. The van der Waals surface area contributed by atoms with Gasteiger partial charge in [-0.2, -0.15) is 0 Å². The van der Waals surface area contributed by atoms with E-state index in [1.165, 1.54) is 18.2 Å². The molecule has 2 rings (SSSR count). The molecule has 0 atom stereocenters. The Hall–Kier alpha value is -1.90. The van der Waals surface area contributed by atoms with Crippen molar-refractivity contribution in [3.05, 3.63) is 35.1 Å². The Morgan fingerprint density at radius 2 is 2.14 bits per heavy atom. The van der Waals surface area contributed by atoms with Gasteiger partial charge < -0.3 is 15.7 Å². The number of piperidine rings is 1. The summed E-state index contributed by atoms with van der Waals surface area (Å²) in [5.41, 5.74) is 5.93. The van der Waals surface area contributed by atoms with E-state index in [9.17, 15) is 9.18 Å². The highest BCUT2D eigenvalue weighted by Gasteiger charge is 2.25. The van der Waals surface area contributed by atoms with Crippen molar-refractivity contribution in [2.45, 2.75) is 12.8 Å². The molecule has 21 heavy (non-hydrogen) atoms. The summed E-state index contributed by atoms with van der Waals surface area (Å²) in [5, 5.41) is 9.11. The summed E-state index contributed by atoms with van der Waals surface area (Å²) in [5.74, 6) is 4.86. The van der Waals surface area contributed by atoms with Crippen molar-refractivity contribution >= 4 is 5.91 Å². The number of carbonyl (C=O) groups is 1. The molecule has 5 heteroatoms. The first-order valence-corrected chi connectivity index (χ1v) is 7.04. The highest BCUT2D eigenvalue weighted by Crippen LogP contribution is 2.20. The van der Waals surface area contributed by atoms with Crippen molar-refractivity contribution in [1.29, 1.82) is 0 Å². The average Bonchev–Trinajstić information content (AvgIpc) is 2.53. The van der Waals surface area contributed by atoms with E-state index in [-0.39, 0.29) is 30.5 Å². The fourth-order valence-electron chi connectivity index (χ4n) is 2.41. The zero-order valence-electron chi connectivity index (χ0n) is 11.8. The van der Waals surface area contributed by atoms with E-state index in [1.807, 2.05) is 0 Å². The maximum atomic E-state index is 13.9. The molecule has 0 bridgehead atoms. The molecular weight excluding hydrogens is 271 g/mol. The Morgan fingerprint density at radius 3 is 2.76 bits per heavy atom. The Morgan fingerprint density at radius 1 is 1.43 bits per heavy atom. The Kier molecular flexibility index (Phi) is 5.32. The van der Waals surface area contributed by atoms with E-state index in [2.05, 4.69) is 11.8 Å². The van der Waals surface area contributed by atoms with Crippen LogP contribution >= 0.6 is 0 Å². The quantitative estimate of drug-likeness (QED) is 0.798. The molecule has 1 heterocycles. The molecule has 4 nitrogen and oxygen atoms in total. The van der Waals surface area contributed by atoms with Crippen LogP contribution in [0.4, 0.5) is 4.39 Å². The van der Waals surface area contributed by atoms with Crippen LogP contribution in [0.15, 0.2) is 18.2 Å². The zero-order valence-corrected chi connectivity index (χ0v) is 11.8. The lowest BCUT2D eigenvalue weighted by Crippen LogP contribution is -2.39. The molecule has 0 unspecified atom stereocenters. The molecule has 1 aliphatic rings. The molecule has 0 aromatic heterocycles. The molecule has 3 N–H and O–H groups in total. The summed E-state index contributed by atoms with van der Waals surface area (Å²) < 4.78 is 13.9. The maximum absolute atomic E-state index is 13.9. The highest BCUT2D eigenvalue weighted by atomic mass is 19.1. The van der Waals surface area contributed by atoms with Gasteiger partial charge >= 0.3 is 0 Å². The van der Waals surface area contributed by atoms with Gasteiger partial charge in [0.15, 0.2) is 0 Å². The molecular formula is C16H19FN2O2. The first kappa shape index (κ1) is 15.5. The monoisotopic (exact) mass is 290 g/mol. The van der Waals surface area contributed by atoms with E-state index >= 15 is 0 Å². The summed E-state index contributed by atoms with van der Waals surface area (Å²) in [6.45, 7) is 1.44.